The zero-order chi connectivity index (χ0) is 25.2. The lowest BCUT2D eigenvalue weighted by molar-refractivity contribution is 0.475. The highest BCUT2D eigenvalue weighted by molar-refractivity contribution is 6.38. The molecule has 37 heavy (non-hydrogen) atoms. The number of amidine groups is 1. The Morgan fingerprint density at radius 3 is 1.95 bits per heavy atom. The molecular weight excluding hydrogens is 478 g/mol. The third-order valence-corrected chi connectivity index (χ3v) is 6.56. The minimum absolute atomic E-state index is 0.0482. The van der Waals surface area contributed by atoms with Crippen LogP contribution in [0.4, 0.5) is 5.82 Å². The minimum Gasteiger partial charge on any atom is -0.506 e. The van der Waals surface area contributed by atoms with E-state index in [0.29, 0.717) is 16.7 Å². The van der Waals surface area contributed by atoms with Gasteiger partial charge in [0.2, 0.25) is 0 Å². The Balaban J connectivity index is 1.52. The molecule has 5 heteroatoms. The molecule has 0 bridgehead atoms. The summed E-state index contributed by atoms with van der Waals surface area (Å²) in [4.78, 5) is 13.5. The first-order valence-corrected chi connectivity index (χ1v) is 12.3. The standard InChI is InChI=1S/C32H22ClN3O/c33-27-18-24(16-17-30(27)37)29-20-26(22-12-6-2-7-13-22)32(35-29)36-31-25(21-10-4-1-5-11-21)19-28(34-31)23-14-8-3-9-15-23/h1-20,35,37H. The smallest absolute Gasteiger partial charge is 0.162 e. The summed E-state index contributed by atoms with van der Waals surface area (Å²) in [6.45, 7) is 0. The summed E-state index contributed by atoms with van der Waals surface area (Å²) in [6.07, 6.45) is 2.09. The van der Waals surface area contributed by atoms with Crippen molar-refractivity contribution in [1.29, 1.82) is 0 Å². The summed E-state index contributed by atoms with van der Waals surface area (Å²) in [6, 6.07) is 37.6. The van der Waals surface area contributed by atoms with Crippen LogP contribution in [0.25, 0.3) is 28.0 Å². The lowest BCUT2D eigenvalue weighted by atomic mass is 10.0. The molecule has 0 saturated carbocycles. The SMILES string of the molecule is Oc1ccc(-c2cc(-c3ccccc3)c(N=C3N=C(c4ccccc4)C=C3c3ccccc3)[nH]2)cc1Cl. The van der Waals surface area contributed by atoms with E-state index in [-0.39, 0.29) is 5.75 Å². The van der Waals surface area contributed by atoms with E-state index in [2.05, 4.69) is 53.5 Å². The van der Waals surface area contributed by atoms with Gasteiger partial charge in [-0.2, -0.15) is 0 Å². The van der Waals surface area contributed by atoms with Crippen LogP contribution in [0.5, 0.6) is 5.75 Å². The molecule has 0 fully saturated rings. The number of nitrogens with zero attached hydrogens (tertiary/aromatic N) is 2. The Morgan fingerprint density at radius 2 is 1.30 bits per heavy atom. The van der Waals surface area contributed by atoms with Crippen LogP contribution in [0.15, 0.2) is 131 Å². The number of nitrogens with one attached hydrogen (secondary N) is 1. The van der Waals surface area contributed by atoms with Crippen LogP contribution in [0, 0.1) is 0 Å². The number of H-pyrrole nitrogens is 1. The van der Waals surface area contributed by atoms with Crippen molar-refractivity contribution < 1.29 is 5.11 Å². The third kappa shape index (κ3) is 4.63. The number of rotatable bonds is 5. The van der Waals surface area contributed by atoms with Gasteiger partial charge in [0.05, 0.1) is 10.7 Å². The van der Waals surface area contributed by atoms with E-state index in [1.165, 1.54) is 0 Å². The molecule has 1 aromatic heterocycles. The number of halogens is 1. The van der Waals surface area contributed by atoms with Crippen molar-refractivity contribution in [2.45, 2.75) is 0 Å². The van der Waals surface area contributed by atoms with Gasteiger partial charge in [-0.05, 0) is 47.0 Å². The summed E-state index contributed by atoms with van der Waals surface area (Å²) in [5, 5.41) is 10.2. The van der Waals surface area contributed by atoms with E-state index in [0.717, 1.165) is 44.8 Å². The molecule has 4 aromatic carbocycles. The first kappa shape index (κ1) is 22.8. The predicted molar refractivity (Wildman–Crippen MR) is 153 cm³/mol. The quantitative estimate of drug-likeness (QED) is 0.251. The van der Waals surface area contributed by atoms with Crippen LogP contribution in [0.2, 0.25) is 5.02 Å². The highest BCUT2D eigenvalue weighted by Gasteiger charge is 2.21. The van der Waals surface area contributed by atoms with Gasteiger partial charge in [0, 0.05) is 22.4 Å². The molecular formula is C32H22ClN3O. The van der Waals surface area contributed by atoms with E-state index < -0.39 is 0 Å². The number of phenols is 1. The fourth-order valence-electron chi connectivity index (χ4n) is 4.39. The lowest BCUT2D eigenvalue weighted by Gasteiger charge is -2.04. The van der Waals surface area contributed by atoms with Crippen LogP contribution >= 0.6 is 11.6 Å². The maximum absolute atomic E-state index is 9.89. The Bertz CT molecular complexity index is 1670. The molecule has 2 N–H and O–H groups in total. The van der Waals surface area contributed by atoms with E-state index in [9.17, 15) is 5.11 Å². The molecule has 0 unspecified atom stereocenters. The molecule has 0 aliphatic carbocycles. The Labute approximate surface area is 220 Å². The van der Waals surface area contributed by atoms with Crippen molar-refractivity contribution in [3.63, 3.8) is 0 Å². The van der Waals surface area contributed by atoms with Crippen molar-refractivity contribution in [2.75, 3.05) is 0 Å². The van der Waals surface area contributed by atoms with Gasteiger partial charge in [-0.3, -0.25) is 0 Å². The van der Waals surface area contributed by atoms with Crippen molar-refractivity contribution >= 4 is 34.5 Å². The van der Waals surface area contributed by atoms with Crippen molar-refractivity contribution in [2.24, 2.45) is 9.98 Å². The third-order valence-electron chi connectivity index (χ3n) is 6.26. The molecule has 6 rings (SSSR count). The van der Waals surface area contributed by atoms with Crippen LogP contribution < -0.4 is 0 Å². The predicted octanol–water partition coefficient (Wildman–Crippen LogP) is 8.32. The maximum atomic E-state index is 9.89. The summed E-state index contributed by atoms with van der Waals surface area (Å²) < 4.78 is 0. The Hall–Kier alpha value is -4.67. The number of aromatic nitrogens is 1. The molecule has 0 spiro atoms. The Morgan fingerprint density at radius 1 is 0.676 bits per heavy atom. The van der Waals surface area contributed by atoms with Gasteiger partial charge in [0.1, 0.15) is 11.6 Å². The number of hydrogen-bond acceptors (Lipinski definition) is 2. The van der Waals surface area contributed by atoms with Gasteiger partial charge in [-0.15, -0.1) is 0 Å². The number of aromatic hydroxyl groups is 1. The monoisotopic (exact) mass is 499 g/mol. The zero-order valence-electron chi connectivity index (χ0n) is 19.8. The highest BCUT2D eigenvalue weighted by atomic mass is 35.5. The van der Waals surface area contributed by atoms with E-state index >= 15 is 0 Å². The molecule has 0 atom stereocenters. The molecule has 1 aliphatic rings. The minimum atomic E-state index is 0.0482. The molecule has 2 heterocycles. The molecule has 0 radical (unpaired) electrons. The number of allylic oxidation sites excluding steroid dienone is 1. The topological polar surface area (TPSA) is 60.7 Å². The average Bonchev–Trinajstić information content (AvgIpc) is 3.57. The largest absolute Gasteiger partial charge is 0.506 e. The second-order valence-electron chi connectivity index (χ2n) is 8.70. The van der Waals surface area contributed by atoms with Gasteiger partial charge in [-0.25, -0.2) is 9.98 Å². The first-order chi connectivity index (χ1) is 18.2. The average molecular weight is 500 g/mol. The number of phenolic OH excluding ortho intramolecular Hbond substituents is 1. The maximum Gasteiger partial charge on any atom is 0.162 e. The van der Waals surface area contributed by atoms with E-state index in [4.69, 9.17) is 21.6 Å². The van der Waals surface area contributed by atoms with E-state index in [1.54, 1.807) is 12.1 Å². The van der Waals surface area contributed by atoms with Gasteiger partial charge < -0.3 is 10.1 Å². The van der Waals surface area contributed by atoms with Gasteiger partial charge in [-0.1, -0.05) is 103 Å². The summed E-state index contributed by atoms with van der Waals surface area (Å²) in [5.74, 6) is 1.38. The second-order valence-corrected chi connectivity index (χ2v) is 9.11. The summed E-state index contributed by atoms with van der Waals surface area (Å²) >= 11 is 6.21. The number of benzene rings is 4. The van der Waals surface area contributed by atoms with Crippen molar-refractivity contribution in [3.05, 3.63) is 137 Å². The molecule has 0 saturated heterocycles. The Kier molecular flexibility index (Phi) is 6.01. The number of aromatic amines is 1. The summed E-state index contributed by atoms with van der Waals surface area (Å²) in [7, 11) is 0. The molecule has 0 amide bonds. The lowest BCUT2D eigenvalue weighted by Crippen LogP contribution is -1.95. The van der Waals surface area contributed by atoms with E-state index in [1.807, 2.05) is 60.7 Å². The van der Waals surface area contributed by atoms with Gasteiger partial charge in [0.25, 0.3) is 0 Å². The fraction of sp³-hybridized carbons (Fsp3) is 0. The van der Waals surface area contributed by atoms with Crippen LogP contribution in [0.1, 0.15) is 11.1 Å². The molecule has 1 aliphatic heterocycles. The fourth-order valence-corrected chi connectivity index (χ4v) is 4.57. The summed E-state index contributed by atoms with van der Waals surface area (Å²) in [5.41, 5.74) is 7.59. The first-order valence-electron chi connectivity index (χ1n) is 11.9. The second kappa shape index (κ2) is 9.76. The van der Waals surface area contributed by atoms with Crippen LogP contribution in [0.3, 0.4) is 0 Å². The number of hydrogen-bond donors (Lipinski definition) is 2. The van der Waals surface area contributed by atoms with Crippen molar-refractivity contribution in [1.82, 2.24) is 4.98 Å². The van der Waals surface area contributed by atoms with Crippen LogP contribution in [-0.2, 0) is 0 Å². The molecule has 5 aromatic rings. The zero-order valence-corrected chi connectivity index (χ0v) is 20.5. The van der Waals surface area contributed by atoms with Crippen molar-refractivity contribution in [3.8, 4) is 28.1 Å². The molecule has 178 valence electrons. The highest BCUT2D eigenvalue weighted by Crippen LogP contribution is 2.38. The van der Waals surface area contributed by atoms with Gasteiger partial charge in [0.15, 0.2) is 5.84 Å². The normalized spacial score (nSPS) is 14.0. The number of aliphatic imine (C=N–C) groups is 2. The molecule has 4 nitrogen and oxygen atoms in total. The van der Waals surface area contributed by atoms with Gasteiger partial charge >= 0.3 is 0 Å². The van der Waals surface area contributed by atoms with Crippen LogP contribution in [-0.4, -0.2) is 21.6 Å².